The van der Waals surface area contributed by atoms with Crippen LogP contribution in [0.4, 0.5) is 17.6 Å². The van der Waals surface area contributed by atoms with E-state index in [0.29, 0.717) is 12.3 Å². The molecule has 1 rings (SSSR count). The molecule has 2 unspecified atom stereocenters. The Balaban J connectivity index is 2.05. The van der Waals surface area contributed by atoms with Crippen molar-refractivity contribution in [3.05, 3.63) is 30.3 Å². The maximum atomic E-state index is 13.7. The lowest BCUT2D eigenvalue weighted by Crippen LogP contribution is -2.40. The summed E-state index contributed by atoms with van der Waals surface area (Å²) in [5.74, 6) is 0.257. The van der Waals surface area contributed by atoms with Gasteiger partial charge >= 0.3 is 12.2 Å². The third-order valence-electron chi connectivity index (χ3n) is 4.11. The smallest absolute Gasteiger partial charge is 0.383 e. The molecule has 0 aliphatic carbocycles. The zero-order valence-corrected chi connectivity index (χ0v) is 21.0. The Labute approximate surface area is 217 Å². The van der Waals surface area contributed by atoms with E-state index < -0.39 is 51.0 Å². The van der Waals surface area contributed by atoms with Gasteiger partial charge in [-0.2, -0.15) is 17.6 Å². The van der Waals surface area contributed by atoms with Gasteiger partial charge in [0.25, 0.3) is 0 Å². The van der Waals surface area contributed by atoms with E-state index in [1.165, 1.54) is 6.92 Å². The minimum Gasteiger partial charge on any atom is -0.491 e. The van der Waals surface area contributed by atoms with Crippen LogP contribution in [0.1, 0.15) is 6.92 Å². The summed E-state index contributed by atoms with van der Waals surface area (Å²) in [5, 5.41) is 21.9. The Morgan fingerprint density at radius 3 is 2.03 bits per heavy atom. The van der Waals surface area contributed by atoms with E-state index in [2.05, 4.69) is 19.5 Å². The Hall–Kier alpha value is -2.11. The van der Waals surface area contributed by atoms with Gasteiger partial charge in [0.05, 0.1) is 39.6 Å². The highest BCUT2D eigenvalue weighted by molar-refractivity contribution is 5.72. The topological polar surface area (TPSA) is 134 Å². The van der Waals surface area contributed by atoms with Crippen molar-refractivity contribution < 1.29 is 65.7 Å². The predicted octanol–water partition coefficient (Wildman–Crippen LogP) is 1.17. The first-order chi connectivity index (χ1) is 18.0. The van der Waals surface area contributed by atoms with Crippen molar-refractivity contribution in [2.45, 2.75) is 31.3 Å². The molecular formula is C23H35F4NO10. The number of hydrogen-bond donors (Lipinski definition) is 3. The molecule has 0 bridgehead atoms. The number of hydrogen-bond acceptors (Lipinski definition) is 10. The highest BCUT2D eigenvalue weighted by Gasteiger charge is 2.44. The number of aliphatic hydroxyl groups excluding tert-OH is 2. The molecular weight excluding hydrogens is 526 g/mol. The Bertz CT molecular complexity index is 748. The minimum absolute atomic E-state index is 0.00312. The van der Waals surface area contributed by atoms with E-state index in [1.54, 1.807) is 30.3 Å². The van der Waals surface area contributed by atoms with Crippen molar-refractivity contribution in [3.63, 3.8) is 0 Å². The molecule has 11 nitrogen and oxygen atoms in total. The summed E-state index contributed by atoms with van der Waals surface area (Å²) in [6.07, 6.45) is -10.9. The van der Waals surface area contributed by atoms with Crippen molar-refractivity contribution in [3.8, 4) is 5.75 Å². The Kier molecular flexibility index (Phi) is 17.0. The van der Waals surface area contributed by atoms with E-state index in [1.807, 2.05) is 0 Å². The molecule has 0 heterocycles. The zero-order valence-electron chi connectivity index (χ0n) is 21.0. The van der Waals surface area contributed by atoms with E-state index in [0.717, 1.165) is 0 Å². The Morgan fingerprint density at radius 1 is 0.816 bits per heavy atom. The van der Waals surface area contributed by atoms with E-state index in [9.17, 15) is 32.6 Å². The fraction of sp³-hybridized carbons (Fsp3) is 0.696. The van der Waals surface area contributed by atoms with Crippen LogP contribution in [-0.4, -0.2) is 113 Å². The summed E-state index contributed by atoms with van der Waals surface area (Å²) in [7, 11) is 0. The van der Waals surface area contributed by atoms with Gasteiger partial charge < -0.3 is 44.0 Å². The van der Waals surface area contributed by atoms with Gasteiger partial charge in [0, 0.05) is 13.5 Å². The van der Waals surface area contributed by atoms with Crippen LogP contribution in [-0.2, 0) is 33.2 Å². The lowest BCUT2D eigenvalue weighted by molar-refractivity contribution is -0.396. The fourth-order valence-electron chi connectivity index (χ4n) is 2.53. The van der Waals surface area contributed by atoms with Crippen LogP contribution in [0, 0.1) is 0 Å². The van der Waals surface area contributed by atoms with Crippen molar-refractivity contribution in [1.82, 2.24) is 5.32 Å². The Morgan fingerprint density at radius 2 is 1.37 bits per heavy atom. The molecule has 15 heteroatoms. The molecule has 0 fully saturated rings. The maximum absolute atomic E-state index is 13.7. The lowest BCUT2D eigenvalue weighted by atomic mass is 10.3. The second kappa shape index (κ2) is 19.0. The number of amides is 1. The number of nitrogens with one attached hydrogen (secondary N) is 1. The van der Waals surface area contributed by atoms with E-state index in [-0.39, 0.29) is 45.5 Å². The summed E-state index contributed by atoms with van der Waals surface area (Å²) < 4.78 is 87.5. The highest BCUT2D eigenvalue weighted by atomic mass is 19.3. The number of para-hydroxylation sites is 1. The van der Waals surface area contributed by atoms with Crippen LogP contribution in [0.5, 0.6) is 5.75 Å². The molecule has 0 saturated heterocycles. The van der Waals surface area contributed by atoms with Crippen LogP contribution in [0.3, 0.4) is 0 Å². The average molecular weight is 562 g/mol. The summed E-state index contributed by atoms with van der Waals surface area (Å²) in [6, 6.07) is 8.42. The van der Waals surface area contributed by atoms with Gasteiger partial charge in [-0.15, -0.1) is 0 Å². The number of ether oxygens (including phenoxy) is 7. The van der Waals surface area contributed by atoms with Gasteiger partial charge in [-0.3, -0.25) is 9.53 Å². The number of alkyl halides is 4. The first-order valence-corrected chi connectivity index (χ1v) is 11.6. The van der Waals surface area contributed by atoms with Crippen LogP contribution in [0.25, 0.3) is 0 Å². The SMILES string of the molecule is CC(=O)NCCOCC(O)COCCOCOCC(F)(F)OC(F)(F)COCC(O)COc1ccccc1. The maximum Gasteiger partial charge on any atom is 0.383 e. The second-order valence-corrected chi connectivity index (χ2v) is 7.83. The molecule has 0 aliphatic heterocycles. The summed E-state index contributed by atoms with van der Waals surface area (Å²) in [4.78, 5) is 10.7. The number of carbonyl (C=O) groups is 1. The molecule has 0 spiro atoms. The minimum atomic E-state index is -4.35. The predicted molar refractivity (Wildman–Crippen MR) is 123 cm³/mol. The first-order valence-electron chi connectivity index (χ1n) is 11.6. The fourth-order valence-corrected chi connectivity index (χ4v) is 2.53. The van der Waals surface area contributed by atoms with Gasteiger partial charge in [0.2, 0.25) is 5.91 Å². The van der Waals surface area contributed by atoms with Crippen LogP contribution < -0.4 is 10.1 Å². The standard InChI is InChI=1S/C23H35F4NO10/c1-18(29)28-7-8-32-11-19(30)12-33-9-10-34-17-36-16-23(26,27)38-22(24,25)15-35-13-20(31)14-37-21-5-3-2-4-6-21/h2-6,19-20,30-31H,7-17H2,1H3,(H,28,29). The zero-order chi connectivity index (χ0) is 28.3. The number of benzene rings is 1. The molecule has 0 aromatic heterocycles. The first kappa shape index (κ1) is 33.9. The third-order valence-corrected chi connectivity index (χ3v) is 4.11. The van der Waals surface area contributed by atoms with Crippen LogP contribution >= 0.6 is 0 Å². The highest BCUT2D eigenvalue weighted by Crippen LogP contribution is 2.27. The molecule has 1 amide bonds. The molecule has 220 valence electrons. The van der Waals surface area contributed by atoms with Crippen LogP contribution in [0.2, 0.25) is 0 Å². The molecule has 0 saturated carbocycles. The van der Waals surface area contributed by atoms with Gasteiger partial charge in [0.15, 0.2) is 0 Å². The molecule has 1 aromatic carbocycles. The van der Waals surface area contributed by atoms with Gasteiger partial charge in [-0.25, -0.2) is 0 Å². The van der Waals surface area contributed by atoms with E-state index in [4.69, 9.17) is 18.9 Å². The van der Waals surface area contributed by atoms with Gasteiger partial charge in [0.1, 0.15) is 44.6 Å². The van der Waals surface area contributed by atoms with Gasteiger partial charge in [-0.05, 0) is 12.1 Å². The van der Waals surface area contributed by atoms with Crippen molar-refractivity contribution in [2.24, 2.45) is 0 Å². The molecule has 3 N–H and O–H groups in total. The van der Waals surface area contributed by atoms with Crippen molar-refractivity contribution >= 4 is 5.91 Å². The van der Waals surface area contributed by atoms with Gasteiger partial charge in [-0.1, -0.05) is 18.2 Å². The summed E-state index contributed by atoms with van der Waals surface area (Å²) in [6.45, 7) is -2.80. The average Bonchev–Trinajstić information content (AvgIpc) is 2.83. The van der Waals surface area contributed by atoms with Crippen molar-refractivity contribution in [2.75, 3.05) is 72.8 Å². The van der Waals surface area contributed by atoms with E-state index >= 15 is 0 Å². The number of aliphatic hydroxyl groups is 2. The monoisotopic (exact) mass is 561 g/mol. The molecule has 2 atom stereocenters. The number of rotatable bonds is 23. The summed E-state index contributed by atoms with van der Waals surface area (Å²) in [5.41, 5.74) is 0. The largest absolute Gasteiger partial charge is 0.491 e. The van der Waals surface area contributed by atoms with Crippen LogP contribution in [0.15, 0.2) is 30.3 Å². The molecule has 0 aliphatic rings. The quantitative estimate of drug-likeness (QED) is 0.102. The number of halogens is 4. The summed E-state index contributed by atoms with van der Waals surface area (Å²) >= 11 is 0. The lowest BCUT2D eigenvalue weighted by Gasteiger charge is -2.24. The molecule has 0 radical (unpaired) electrons. The number of carbonyl (C=O) groups excluding carboxylic acids is 1. The normalized spacial score (nSPS) is 13.8. The molecule has 38 heavy (non-hydrogen) atoms. The molecule has 1 aromatic rings. The second-order valence-electron chi connectivity index (χ2n) is 7.83. The third kappa shape index (κ3) is 19.0. The van der Waals surface area contributed by atoms with Crippen molar-refractivity contribution in [1.29, 1.82) is 0 Å².